The van der Waals surface area contributed by atoms with Gasteiger partial charge in [-0.1, -0.05) is 0 Å². The van der Waals surface area contributed by atoms with Crippen molar-refractivity contribution < 1.29 is 22.3 Å². The Bertz CT molecular complexity index is 1480. The van der Waals surface area contributed by atoms with Crippen molar-refractivity contribution in [3.63, 3.8) is 0 Å². The van der Waals surface area contributed by atoms with Gasteiger partial charge in [0.05, 0.1) is 24.3 Å². The lowest BCUT2D eigenvalue weighted by atomic mass is 10.0. The Labute approximate surface area is 228 Å². The molecule has 2 fully saturated rings. The number of fused-ring (bicyclic) bond motifs is 2. The molecule has 2 aromatic heterocycles. The van der Waals surface area contributed by atoms with E-state index in [-0.39, 0.29) is 23.6 Å². The molecule has 39 heavy (non-hydrogen) atoms. The van der Waals surface area contributed by atoms with Gasteiger partial charge in [0, 0.05) is 54.0 Å². The molecule has 2 N–H and O–H groups in total. The number of hydrogen-bond donors (Lipinski definition) is 2. The molecule has 0 unspecified atom stereocenters. The number of nitrogens with one attached hydrogen (secondary N) is 2. The van der Waals surface area contributed by atoms with Crippen molar-refractivity contribution in [2.24, 2.45) is 0 Å². The lowest BCUT2D eigenvalue weighted by Gasteiger charge is -2.24. The fraction of sp³-hybridized carbons (Fsp3) is 0.536. The highest BCUT2D eigenvalue weighted by Gasteiger charge is 2.34. The van der Waals surface area contributed by atoms with Crippen LogP contribution in [0.2, 0.25) is 0 Å². The minimum atomic E-state index is -4.00. The lowest BCUT2D eigenvalue weighted by molar-refractivity contribution is 0.0239. The Morgan fingerprint density at radius 3 is 2.64 bits per heavy atom. The molecular formula is C28H34FN5O4S. The summed E-state index contributed by atoms with van der Waals surface area (Å²) >= 11 is 0. The molecule has 3 aromatic rings. The quantitative estimate of drug-likeness (QED) is 0.406. The van der Waals surface area contributed by atoms with Gasteiger partial charge in [0.15, 0.2) is 0 Å². The summed E-state index contributed by atoms with van der Waals surface area (Å²) in [5.74, 6) is 0.855. The number of benzene rings is 1. The van der Waals surface area contributed by atoms with Gasteiger partial charge in [-0.3, -0.25) is 4.98 Å². The fourth-order valence-corrected chi connectivity index (χ4v) is 7.08. The number of sulfonamides is 1. The molecule has 0 radical (unpaired) electrons. The van der Waals surface area contributed by atoms with E-state index in [1.165, 1.54) is 20.2 Å². The van der Waals surface area contributed by atoms with Crippen LogP contribution in [0.3, 0.4) is 0 Å². The number of hydrogen-bond acceptors (Lipinski definition) is 8. The first kappa shape index (κ1) is 26.3. The molecule has 1 saturated carbocycles. The van der Waals surface area contributed by atoms with E-state index in [9.17, 15) is 12.8 Å². The van der Waals surface area contributed by atoms with E-state index in [1.807, 2.05) is 12.1 Å². The Balaban J connectivity index is 1.33. The van der Waals surface area contributed by atoms with Gasteiger partial charge in [0.2, 0.25) is 15.9 Å². The first-order valence-electron chi connectivity index (χ1n) is 13.6. The predicted molar refractivity (Wildman–Crippen MR) is 145 cm³/mol. The monoisotopic (exact) mass is 555 g/mol. The maximum absolute atomic E-state index is 14.3. The second-order valence-corrected chi connectivity index (χ2v) is 13.1. The van der Waals surface area contributed by atoms with Gasteiger partial charge in [-0.25, -0.2) is 22.5 Å². The highest BCUT2D eigenvalue weighted by atomic mass is 32.2. The van der Waals surface area contributed by atoms with E-state index in [0.717, 1.165) is 47.9 Å². The minimum Gasteiger partial charge on any atom is -0.473 e. The smallest absolute Gasteiger partial charge is 0.241 e. The lowest BCUT2D eigenvalue weighted by Crippen LogP contribution is -2.36. The van der Waals surface area contributed by atoms with Crippen molar-refractivity contribution in [2.75, 3.05) is 25.1 Å². The summed E-state index contributed by atoms with van der Waals surface area (Å²) in [6, 6.07) is 3.85. The number of alkyl halides is 1. The standard InChI is InChI=1S/C28H34FN5O4S/c1-28(2,29)15-33-39(35,36)26-22-11-20(10-18(22)9-19-13-31-24(12-23(19)26)17-3-4-17)34-25-14-30-16-32-27(25)38-21-5-7-37-8-6-21/h9,12-14,16-17,20-21,33-34H,3-8,10-11,15H2,1-2H3/t20-/m1/s1. The van der Waals surface area contributed by atoms with Gasteiger partial charge < -0.3 is 14.8 Å². The highest BCUT2D eigenvalue weighted by molar-refractivity contribution is 7.89. The summed E-state index contributed by atoms with van der Waals surface area (Å²) < 4.78 is 55.9. The summed E-state index contributed by atoms with van der Waals surface area (Å²) in [5.41, 5.74) is 1.59. The molecule has 1 aliphatic heterocycles. The molecule has 1 aromatic carbocycles. The molecule has 9 nitrogen and oxygen atoms in total. The van der Waals surface area contributed by atoms with Gasteiger partial charge in [-0.15, -0.1) is 0 Å². The number of pyridine rings is 1. The Hall–Kier alpha value is -2.89. The fourth-order valence-electron chi connectivity index (χ4n) is 5.40. The Morgan fingerprint density at radius 1 is 1.10 bits per heavy atom. The van der Waals surface area contributed by atoms with Crippen molar-refractivity contribution in [2.45, 2.75) is 81.0 Å². The van der Waals surface area contributed by atoms with Crippen LogP contribution >= 0.6 is 0 Å². The van der Waals surface area contributed by atoms with Crippen LogP contribution in [0.4, 0.5) is 10.1 Å². The molecular weight excluding hydrogens is 521 g/mol. The van der Waals surface area contributed by atoms with Crippen molar-refractivity contribution in [1.29, 1.82) is 0 Å². The third kappa shape index (κ3) is 5.85. The third-order valence-corrected chi connectivity index (χ3v) is 9.07. The van der Waals surface area contributed by atoms with Crippen molar-refractivity contribution in [3.8, 4) is 5.88 Å². The van der Waals surface area contributed by atoms with Gasteiger partial charge >= 0.3 is 0 Å². The molecule has 208 valence electrons. The molecule has 11 heteroatoms. The van der Waals surface area contributed by atoms with Crippen LogP contribution in [0.1, 0.15) is 62.3 Å². The number of rotatable bonds is 9. The molecule has 1 saturated heterocycles. The van der Waals surface area contributed by atoms with E-state index in [0.29, 0.717) is 48.9 Å². The number of nitrogens with zero attached hydrogens (tertiary/aromatic N) is 3. The molecule has 3 aliphatic rings. The average molecular weight is 556 g/mol. The number of ether oxygens (including phenoxy) is 2. The Kier molecular flexibility index (Phi) is 6.93. The SMILES string of the molecule is CC(C)(F)CNS(=O)(=O)c1c2c(cc3cnc(C4CC4)cc13)C[C@@H](Nc1cncnc1OC1CCOCC1)C2. The maximum Gasteiger partial charge on any atom is 0.241 e. The van der Waals surface area contributed by atoms with E-state index in [2.05, 4.69) is 25.0 Å². The highest BCUT2D eigenvalue weighted by Crippen LogP contribution is 2.42. The van der Waals surface area contributed by atoms with Crippen LogP contribution in [0.15, 0.2) is 35.7 Å². The second-order valence-electron chi connectivity index (χ2n) is 11.4. The van der Waals surface area contributed by atoms with Crippen molar-refractivity contribution in [3.05, 3.63) is 47.7 Å². The zero-order valence-electron chi connectivity index (χ0n) is 22.2. The third-order valence-electron chi connectivity index (χ3n) is 7.54. The second kappa shape index (κ2) is 10.3. The molecule has 0 bridgehead atoms. The summed E-state index contributed by atoms with van der Waals surface area (Å²) in [7, 11) is -4.00. The van der Waals surface area contributed by atoms with Crippen LogP contribution in [-0.4, -0.2) is 60.9 Å². The molecule has 1 atom stereocenters. The summed E-state index contributed by atoms with van der Waals surface area (Å²) in [4.78, 5) is 13.4. The zero-order chi connectivity index (χ0) is 27.2. The maximum atomic E-state index is 14.3. The van der Waals surface area contributed by atoms with Crippen molar-refractivity contribution in [1.82, 2.24) is 19.7 Å². The molecule has 3 heterocycles. The van der Waals surface area contributed by atoms with Gasteiger partial charge in [0.1, 0.15) is 23.8 Å². The molecule has 6 rings (SSSR count). The number of aromatic nitrogens is 3. The van der Waals surface area contributed by atoms with Gasteiger partial charge in [0.25, 0.3) is 0 Å². The van der Waals surface area contributed by atoms with Crippen LogP contribution in [0.5, 0.6) is 5.88 Å². The molecule has 0 spiro atoms. The van der Waals surface area contributed by atoms with E-state index in [1.54, 1.807) is 12.4 Å². The topological polar surface area (TPSA) is 115 Å². The Morgan fingerprint density at radius 2 is 1.90 bits per heavy atom. The summed E-state index contributed by atoms with van der Waals surface area (Å²) in [5, 5.41) is 4.91. The number of halogens is 1. The van der Waals surface area contributed by atoms with E-state index >= 15 is 0 Å². The van der Waals surface area contributed by atoms with E-state index in [4.69, 9.17) is 9.47 Å². The number of anilines is 1. The first-order valence-corrected chi connectivity index (χ1v) is 15.1. The summed E-state index contributed by atoms with van der Waals surface area (Å²) in [6.07, 6.45) is 9.75. The van der Waals surface area contributed by atoms with Gasteiger partial charge in [-0.05, 0) is 62.8 Å². The normalized spacial score (nSPS) is 20.2. The minimum absolute atomic E-state index is 0.0241. The van der Waals surface area contributed by atoms with Crippen LogP contribution < -0.4 is 14.8 Å². The van der Waals surface area contributed by atoms with Crippen molar-refractivity contribution >= 4 is 26.5 Å². The zero-order valence-corrected chi connectivity index (χ0v) is 23.1. The van der Waals surface area contributed by atoms with E-state index < -0.39 is 15.7 Å². The molecule has 0 amide bonds. The predicted octanol–water partition coefficient (Wildman–Crippen LogP) is 4.07. The first-order chi connectivity index (χ1) is 18.7. The van der Waals surface area contributed by atoms with Gasteiger partial charge in [-0.2, -0.15) is 4.98 Å². The van der Waals surface area contributed by atoms with Crippen LogP contribution in [-0.2, 0) is 27.6 Å². The average Bonchev–Trinajstić information content (AvgIpc) is 3.68. The molecule has 2 aliphatic carbocycles. The summed E-state index contributed by atoms with van der Waals surface area (Å²) in [6.45, 7) is 3.73. The van der Waals surface area contributed by atoms with Crippen LogP contribution in [0.25, 0.3) is 10.8 Å². The van der Waals surface area contributed by atoms with Crippen LogP contribution in [0, 0.1) is 0 Å². The largest absolute Gasteiger partial charge is 0.473 e.